The topological polar surface area (TPSA) is 51.2 Å². The van der Waals surface area contributed by atoms with Crippen molar-refractivity contribution in [2.75, 3.05) is 4.90 Å². The van der Waals surface area contributed by atoms with Crippen molar-refractivity contribution in [2.24, 2.45) is 0 Å². The second-order valence-electron chi connectivity index (χ2n) is 15.9. The maximum Gasteiger partial charge on any atom is 0.284 e. The van der Waals surface area contributed by atoms with Gasteiger partial charge in [0.2, 0.25) is 0 Å². The van der Waals surface area contributed by atoms with Gasteiger partial charge in [-0.1, -0.05) is 97.9 Å². The first-order valence-electron chi connectivity index (χ1n) is 19.1. The van der Waals surface area contributed by atoms with Crippen molar-refractivity contribution < 1.29 is 19.2 Å². The second-order valence-corrected chi connectivity index (χ2v) is 15.9. The smallest absolute Gasteiger partial charge is 0.284 e. The molecule has 2 atom stereocenters. The van der Waals surface area contributed by atoms with Gasteiger partial charge in [-0.05, 0) is 122 Å². The molecule has 2 unspecified atom stereocenters. The minimum Gasteiger partial charge on any atom is -0.457 e. The quantitative estimate of drug-likeness (QED) is 0.150. The van der Waals surface area contributed by atoms with Crippen LogP contribution in [-0.4, -0.2) is 23.8 Å². The lowest BCUT2D eigenvalue weighted by atomic mass is 9.51. The van der Waals surface area contributed by atoms with Gasteiger partial charge in [-0.3, -0.25) is 0 Å². The minimum absolute atomic E-state index is 0.282. The molecule has 272 valence electrons. The molecule has 0 radical (unpaired) electrons. The van der Waals surface area contributed by atoms with E-state index in [0.29, 0.717) is 11.5 Å². The maximum absolute atomic E-state index is 11.3. The van der Waals surface area contributed by atoms with Crippen LogP contribution in [0.1, 0.15) is 57.1 Å². The normalized spacial score (nSPS) is 17.0. The Labute approximate surface area is 324 Å². The van der Waals surface area contributed by atoms with Crippen LogP contribution in [0.5, 0.6) is 23.0 Å². The van der Waals surface area contributed by atoms with Crippen molar-refractivity contribution in [3.63, 3.8) is 0 Å². The molecule has 0 saturated carbocycles. The summed E-state index contributed by atoms with van der Waals surface area (Å²) in [7, 11) is 0.282. The second kappa shape index (κ2) is 13.2. The van der Waals surface area contributed by atoms with Crippen LogP contribution in [0.2, 0.25) is 0 Å². The van der Waals surface area contributed by atoms with Gasteiger partial charge in [-0.2, -0.15) is 0 Å². The van der Waals surface area contributed by atoms with E-state index in [1.54, 1.807) is 13.8 Å². The van der Waals surface area contributed by atoms with Gasteiger partial charge in [0.25, 0.3) is 7.48 Å². The molecular formula is C49H44BNO4. The van der Waals surface area contributed by atoms with Gasteiger partial charge in [0.15, 0.2) is 0 Å². The maximum atomic E-state index is 11.3. The zero-order valence-electron chi connectivity index (χ0n) is 31.9. The minimum atomic E-state index is -1.11. The third-order valence-electron chi connectivity index (χ3n) is 12.0. The summed E-state index contributed by atoms with van der Waals surface area (Å²) in [6, 6.07) is 54.8. The fraction of sp³-hybridized carbons (Fsp3) is 0.184. The lowest BCUT2D eigenvalue weighted by molar-refractivity contribution is -0.0913. The van der Waals surface area contributed by atoms with E-state index in [0.717, 1.165) is 50.6 Å². The molecule has 5 nitrogen and oxygen atoms in total. The zero-order valence-corrected chi connectivity index (χ0v) is 31.9. The largest absolute Gasteiger partial charge is 0.457 e. The van der Waals surface area contributed by atoms with Gasteiger partial charge in [0, 0.05) is 33.6 Å². The van der Waals surface area contributed by atoms with Crippen LogP contribution in [-0.2, 0) is 10.1 Å². The Morgan fingerprint density at radius 3 is 2.00 bits per heavy atom. The van der Waals surface area contributed by atoms with Gasteiger partial charge in [0.1, 0.15) is 23.0 Å². The molecule has 6 heteroatoms. The Hall–Kier alpha value is -5.82. The molecule has 55 heavy (non-hydrogen) atoms. The number of para-hydroxylation sites is 3. The number of hydrogen-bond donors (Lipinski definition) is 1. The zero-order chi connectivity index (χ0) is 38.0. The van der Waals surface area contributed by atoms with Crippen LogP contribution in [0.3, 0.4) is 0 Å². The van der Waals surface area contributed by atoms with Crippen LogP contribution < -0.4 is 14.4 Å². The predicted molar refractivity (Wildman–Crippen MR) is 225 cm³/mol. The van der Waals surface area contributed by atoms with E-state index in [1.807, 2.05) is 62.4 Å². The molecule has 10 rings (SSSR count). The highest BCUT2D eigenvalue weighted by Crippen LogP contribution is 2.60. The molecule has 1 aliphatic carbocycles. The third-order valence-corrected chi connectivity index (χ3v) is 12.0. The van der Waals surface area contributed by atoms with Crippen molar-refractivity contribution in [1.82, 2.24) is 0 Å². The molecule has 0 spiro atoms. The first kappa shape index (κ1) is 34.9. The summed E-state index contributed by atoms with van der Waals surface area (Å²) < 4.78 is 20.6. The number of benzene rings is 7. The highest BCUT2D eigenvalue weighted by Gasteiger charge is 2.49. The Bertz CT molecular complexity index is 2490. The molecule has 7 aromatic rings. The number of fused-ring (bicyclic) bond motifs is 1. The van der Waals surface area contributed by atoms with E-state index in [4.69, 9.17) is 14.1 Å². The number of nitrogens with zero attached hydrogens (tertiary/aromatic N) is 1. The summed E-state index contributed by atoms with van der Waals surface area (Å²) in [6.07, 6.45) is 0. The van der Waals surface area contributed by atoms with Gasteiger partial charge in [0.05, 0.1) is 16.9 Å². The van der Waals surface area contributed by atoms with E-state index >= 15 is 0 Å². The predicted octanol–water partition coefficient (Wildman–Crippen LogP) is 12.2. The highest BCUT2D eigenvalue weighted by molar-refractivity contribution is 6.32. The lowest BCUT2D eigenvalue weighted by Crippen LogP contribution is -2.50. The summed E-state index contributed by atoms with van der Waals surface area (Å²) in [5, 5.41) is 13.7. The van der Waals surface area contributed by atoms with Crippen LogP contribution in [0.25, 0.3) is 21.9 Å². The first-order chi connectivity index (χ1) is 26.5. The van der Waals surface area contributed by atoms with Crippen molar-refractivity contribution in [3.8, 4) is 34.1 Å². The standard InChI is InChI=1S/C49H44BNO4/c1-47(2,52)48(3,4)55-50-46-45-42(53-34-21-13-8-14-22-34)25-16-26-43(45)54-35-27-29-39-38(31-35)36-28-30-41(37-23-15-24-40(44(36)37)49(39,46)5)51(32-17-9-6-10-18-32)33-19-11-7-12-20-33/h6-31,46,50,52H,1-5H3. The van der Waals surface area contributed by atoms with Crippen molar-refractivity contribution in [1.29, 1.82) is 0 Å². The average molecular weight is 722 g/mol. The van der Waals surface area contributed by atoms with Gasteiger partial charge in [-0.15, -0.1) is 0 Å². The van der Waals surface area contributed by atoms with Crippen molar-refractivity contribution >= 4 is 35.3 Å². The van der Waals surface area contributed by atoms with Crippen molar-refractivity contribution in [2.45, 2.75) is 57.1 Å². The molecule has 0 aromatic heterocycles. The Kier molecular flexibility index (Phi) is 8.37. The van der Waals surface area contributed by atoms with E-state index < -0.39 is 16.6 Å². The summed E-state index contributed by atoms with van der Waals surface area (Å²) in [5.74, 6) is 2.59. The fourth-order valence-electron chi connectivity index (χ4n) is 8.40. The Morgan fingerprint density at radius 1 is 0.673 bits per heavy atom. The molecule has 1 N–H and O–H groups in total. The molecule has 2 heterocycles. The summed E-state index contributed by atoms with van der Waals surface area (Å²) >= 11 is 0. The highest BCUT2D eigenvalue weighted by atomic mass is 16.5. The molecular weight excluding hydrogens is 677 g/mol. The summed E-state index contributed by atoms with van der Waals surface area (Å²) in [6.45, 7) is 9.87. The van der Waals surface area contributed by atoms with Crippen LogP contribution in [0.15, 0.2) is 158 Å². The number of hydrogen-bond acceptors (Lipinski definition) is 5. The molecule has 4 bridgehead atoms. The lowest BCUT2D eigenvalue weighted by Gasteiger charge is -2.45. The Balaban J connectivity index is 1.33. The number of rotatable bonds is 9. The fourth-order valence-corrected chi connectivity index (χ4v) is 8.40. The SMILES string of the molecule is CC12c3ccc(cc3-c3ccc(N(c4ccccc4)c4ccccc4)c4cccc1c34)Oc1cccc(Oc3ccccc3)c1C2BOC(C)(C)C(C)(C)O. The van der Waals surface area contributed by atoms with E-state index in [1.165, 1.54) is 16.5 Å². The third kappa shape index (κ3) is 5.79. The molecule has 7 aromatic carbocycles. The van der Waals surface area contributed by atoms with Gasteiger partial charge < -0.3 is 24.1 Å². The van der Waals surface area contributed by atoms with Crippen molar-refractivity contribution in [3.05, 3.63) is 174 Å². The monoisotopic (exact) mass is 721 g/mol. The van der Waals surface area contributed by atoms with Gasteiger partial charge in [-0.25, -0.2) is 0 Å². The summed E-state index contributed by atoms with van der Waals surface area (Å²) in [5.41, 5.74) is 6.23. The number of aliphatic hydroxyl groups is 1. The van der Waals surface area contributed by atoms with Crippen LogP contribution >= 0.6 is 0 Å². The Morgan fingerprint density at radius 2 is 1.33 bits per heavy atom. The van der Waals surface area contributed by atoms with Crippen LogP contribution in [0.4, 0.5) is 17.1 Å². The van der Waals surface area contributed by atoms with Crippen LogP contribution in [0, 0.1) is 0 Å². The molecule has 0 saturated heterocycles. The molecule has 0 fully saturated rings. The van der Waals surface area contributed by atoms with E-state index in [-0.39, 0.29) is 13.3 Å². The van der Waals surface area contributed by atoms with Gasteiger partial charge >= 0.3 is 0 Å². The summed E-state index contributed by atoms with van der Waals surface area (Å²) in [4.78, 5) is 2.35. The number of ether oxygens (including phenoxy) is 2. The number of anilines is 3. The average Bonchev–Trinajstić information content (AvgIpc) is 3.26. The molecule has 0 amide bonds. The van der Waals surface area contributed by atoms with E-state index in [9.17, 15) is 5.11 Å². The van der Waals surface area contributed by atoms with E-state index in [2.05, 4.69) is 121 Å². The first-order valence-corrected chi connectivity index (χ1v) is 19.1. The molecule has 3 aliphatic rings. The molecule has 2 aliphatic heterocycles.